The van der Waals surface area contributed by atoms with Gasteiger partial charge in [0.15, 0.2) is 0 Å². The van der Waals surface area contributed by atoms with Crippen molar-refractivity contribution in [1.29, 1.82) is 0 Å². The van der Waals surface area contributed by atoms with Crippen LogP contribution in [0.2, 0.25) is 0 Å². The molecule has 82 valence electrons. The van der Waals surface area contributed by atoms with Gasteiger partial charge >= 0.3 is 0 Å². The van der Waals surface area contributed by atoms with Crippen LogP contribution in [0.4, 0.5) is 0 Å². The summed E-state index contributed by atoms with van der Waals surface area (Å²) in [6.07, 6.45) is 4.26. The van der Waals surface area contributed by atoms with Gasteiger partial charge in [-0.15, -0.1) is 6.58 Å². The quantitative estimate of drug-likeness (QED) is 0.604. The molecule has 2 aromatic rings. The van der Waals surface area contributed by atoms with Gasteiger partial charge < -0.3 is 5.32 Å². The molecule has 2 rings (SSSR count). The number of H-pyrrole nitrogens is 1. The van der Waals surface area contributed by atoms with Crippen LogP contribution in [-0.2, 0) is 0 Å². The van der Waals surface area contributed by atoms with Gasteiger partial charge in [-0.05, 0) is 24.6 Å². The normalized spacial score (nSPS) is 10.2. The van der Waals surface area contributed by atoms with Gasteiger partial charge in [0.25, 0.3) is 5.91 Å². The van der Waals surface area contributed by atoms with E-state index < -0.39 is 0 Å². The van der Waals surface area contributed by atoms with Crippen LogP contribution in [0, 0.1) is 0 Å². The van der Waals surface area contributed by atoms with Gasteiger partial charge in [0.1, 0.15) is 0 Å². The average Bonchev–Trinajstić information content (AvgIpc) is 2.76. The smallest absolute Gasteiger partial charge is 0.251 e. The first kappa shape index (κ1) is 10.4. The molecule has 2 N–H and O–H groups in total. The Morgan fingerprint density at radius 1 is 1.56 bits per heavy atom. The molecular formula is C12H13N3O. The maximum atomic E-state index is 11.7. The highest BCUT2D eigenvalue weighted by Crippen LogP contribution is 2.12. The van der Waals surface area contributed by atoms with E-state index in [9.17, 15) is 4.79 Å². The molecule has 0 saturated heterocycles. The van der Waals surface area contributed by atoms with Gasteiger partial charge in [-0.1, -0.05) is 6.08 Å². The van der Waals surface area contributed by atoms with Crippen LogP contribution < -0.4 is 5.32 Å². The Kier molecular flexibility index (Phi) is 3.00. The minimum Gasteiger partial charge on any atom is -0.352 e. The molecular weight excluding hydrogens is 202 g/mol. The van der Waals surface area contributed by atoms with Gasteiger partial charge in [-0.25, -0.2) is 0 Å². The molecule has 4 nitrogen and oxygen atoms in total. The van der Waals surface area contributed by atoms with Crippen LogP contribution in [-0.4, -0.2) is 22.6 Å². The number of carbonyl (C=O) groups is 1. The highest BCUT2D eigenvalue weighted by Gasteiger charge is 2.05. The first-order valence-corrected chi connectivity index (χ1v) is 5.13. The minimum atomic E-state index is -0.0649. The Balaban J connectivity index is 2.12. The maximum Gasteiger partial charge on any atom is 0.251 e. The van der Waals surface area contributed by atoms with Crippen molar-refractivity contribution in [2.24, 2.45) is 0 Å². The van der Waals surface area contributed by atoms with E-state index in [1.165, 1.54) is 0 Å². The summed E-state index contributed by atoms with van der Waals surface area (Å²) in [7, 11) is 0. The van der Waals surface area contributed by atoms with E-state index in [1.54, 1.807) is 18.3 Å². The number of nitrogens with one attached hydrogen (secondary N) is 2. The number of hydrogen-bond donors (Lipinski definition) is 2. The summed E-state index contributed by atoms with van der Waals surface area (Å²) in [6.45, 7) is 4.22. The number of nitrogens with zero attached hydrogens (tertiary/aromatic N) is 1. The van der Waals surface area contributed by atoms with E-state index in [4.69, 9.17) is 0 Å². The van der Waals surface area contributed by atoms with Crippen molar-refractivity contribution >= 4 is 16.8 Å². The van der Waals surface area contributed by atoms with Crippen LogP contribution in [0.3, 0.4) is 0 Å². The highest BCUT2D eigenvalue weighted by molar-refractivity contribution is 5.97. The summed E-state index contributed by atoms with van der Waals surface area (Å²) in [5, 5.41) is 10.5. The highest BCUT2D eigenvalue weighted by atomic mass is 16.1. The first-order chi connectivity index (χ1) is 7.81. The second-order valence-corrected chi connectivity index (χ2v) is 3.51. The van der Waals surface area contributed by atoms with E-state index in [1.807, 2.05) is 12.1 Å². The third-order valence-electron chi connectivity index (χ3n) is 2.34. The Labute approximate surface area is 93.4 Å². The van der Waals surface area contributed by atoms with Crippen molar-refractivity contribution in [3.8, 4) is 0 Å². The molecule has 0 aliphatic rings. The fourth-order valence-electron chi connectivity index (χ4n) is 1.47. The lowest BCUT2D eigenvalue weighted by Gasteiger charge is -2.03. The number of rotatable bonds is 4. The van der Waals surface area contributed by atoms with E-state index >= 15 is 0 Å². The number of carbonyl (C=O) groups excluding carboxylic acids is 1. The molecule has 0 spiro atoms. The number of aromatic nitrogens is 2. The number of hydrogen-bond acceptors (Lipinski definition) is 2. The summed E-state index contributed by atoms with van der Waals surface area (Å²) >= 11 is 0. The zero-order valence-electron chi connectivity index (χ0n) is 8.86. The first-order valence-electron chi connectivity index (χ1n) is 5.13. The predicted molar refractivity (Wildman–Crippen MR) is 63.2 cm³/mol. The van der Waals surface area contributed by atoms with E-state index in [2.05, 4.69) is 22.1 Å². The monoisotopic (exact) mass is 215 g/mol. The van der Waals surface area contributed by atoms with Crippen molar-refractivity contribution in [2.75, 3.05) is 6.54 Å². The van der Waals surface area contributed by atoms with Crippen LogP contribution in [0.5, 0.6) is 0 Å². The molecule has 1 heterocycles. The van der Waals surface area contributed by atoms with Crippen LogP contribution >= 0.6 is 0 Å². The Bertz CT molecular complexity index is 516. The molecule has 1 aromatic carbocycles. The summed E-state index contributed by atoms with van der Waals surface area (Å²) in [5.41, 5.74) is 1.58. The largest absolute Gasteiger partial charge is 0.352 e. The van der Waals surface area contributed by atoms with Crippen LogP contribution in [0.15, 0.2) is 37.1 Å². The molecule has 0 atom stereocenters. The summed E-state index contributed by atoms with van der Waals surface area (Å²) in [6, 6.07) is 5.45. The molecule has 16 heavy (non-hydrogen) atoms. The number of fused-ring (bicyclic) bond motifs is 1. The summed E-state index contributed by atoms with van der Waals surface area (Å²) < 4.78 is 0. The van der Waals surface area contributed by atoms with Gasteiger partial charge in [0.2, 0.25) is 0 Å². The predicted octanol–water partition coefficient (Wildman–Crippen LogP) is 1.87. The zero-order chi connectivity index (χ0) is 11.4. The van der Waals surface area contributed by atoms with Crippen LogP contribution in [0.25, 0.3) is 10.9 Å². The molecule has 0 saturated carbocycles. The van der Waals surface area contributed by atoms with Gasteiger partial charge in [0, 0.05) is 17.5 Å². The molecule has 0 bridgehead atoms. The van der Waals surface area contributed by atoms with Gasteiger partial charge in [-0.3, -0.25) is 9.89 Å². The summed E-state index contributed by atoms with van der Waals surface area (Å²) in [5.74, 6) is -0.0649. The zero-order valence-corrected chi connectivity index (χ0v) is 8.86. The third kappa shape index (κ3) is 2.11. The molecule has 0 aliphatic heterocycles. The maximum absolute atomic E-state index is 11.7. The topological polar surface area (TPSA) is 57.8 Å². The van der Waals surface area contributed by atoms with Crippen molar-refractivity contribution in [3.05, 3.63) is 42.6 Å². The molecule has 4 heteroatoms. The average molecular weight is 215 g/mol. The lowest BCUT2D eigenvalue weighted by molar-refractivity contribution is 0.0954. The second-order valence-electron chi connectivity index (χ2n) is 3.51. The molecule has 0 aliphatic carbocycles. The SMILES string of the molecule is C=CCCNC(=O)c1ccc2[nH]ncc2c1. The molecule has 1 aromatic heterocycles. The fourth-order valence-corrected chi connectivity index (χ4v) is 1.47. The molecule has 0 unspecified atom stereocenters. The van der Waals surface area contributed by atoms with Crippen molar-refractivity contribution in [3.63, 3.8) is 0 Å². The van der Waals surface area contributed by atoms with E-state index in [0.717, 1.165) is 17.3 Å². The Morgan fingerprint density at radius 2 is 2.44 bits per heavy atom. The van der Waals surface area contributed by atoms with Crippen molar-refractivity contribution in [1.82, 2.24) is 15.5 Å². The number of benzene rings is 1. The Morgan fingerprint density at radius 3 is 3.25 bits per heavy atom. The van der Waals surface area contributed by atoms with E-state index in [0.29, 0.717) is 12.1 Å². The second kappa shape index (κ2) is 4.61. The summed E-state index contributed by atoms with van der Waals surface area (Å²) in [4.78, 5) is 11.7. The van der Waals surface area contributed by atoms with Crippen molar-refractivity contribution in [2.45, 2.75) is 6.42 Å². The standard InChI is InChI=1S/C12H13N3O/c1-2-3-6-13-12(16)9-4-5-11-10(7-9)8-14-15-11/h2,4-5,7-8H,1,3,6H2,(H,13,16)(H,14,15). The molecule has 0 fully saturated rings. The number of amides is 1. The van der Waals surface area contributed by atoms with Crippen LogP contribution in [0.1, 0.15) is 16.8 Å². The lowest BCUT2D eigenvalue weighted by Crippen LogP contribution is -2.23. The molecule has 1 amide bonds. The van der Waals surface area contributed by atoms with Gasteiger partial charge in [0.05, 0.1) is 11.7 Å². The van der Waals surface area contributed by atoms with E-state index in [-0.39, 0.29) is 5.91 Å². The lowest BCUT2D eigenvalue weighted by atomic mass is 10.1. The number of aromatic amines is 1. The fraction of sp³-hybridized carbons (Fsp3) is 0.167. The third-order valence-corrected chi connectivity index (χ3v) is 2.34. The van der Waals surface area contributed by atoms with Gasteiger partial charge in [-0.2, -0.15) is 5.10 Å². The Hall–Kier alpha value is -2.10. The molecule has 0 radical (unpaired) electrons. The van der Waals surface area contributed by atoms with Crippen molar-refractivity contribution < 1.29 is 4.79 Å². The minimum absolute atomic E-state index is 0.0649.